The number of hydrogen-bond acceptors (Lipinski definition) is 4. The van der Waals surface area contributed by atoms with Crippen molar-refractivity contribution < 1.29 is 14.3 Å². The van der Waals surface area contributed by atoms with Crippen molar-refractivity contribution in [3.8, 4) is 0 Å². The van der Waals surface area contributed by atoms with Gasteiger partial charge in [-0.2, -0.15) is 0 Å². The van der Waals surface area contributed by atoms with Crippen LogP contribution in [0.25, 0.3) is 0 Å². The highest BCUT2D eigenvalue weighted by atomic mass is 35.5. The standard InChI is InChI=1S/C13H24N2O3.ClH/c1-9(2)11(14)12(16)15-5-3-4-10(8-15)13-17-6-7-18-13;/h9-11,13H,3-8,14H2,1-2H3;1H/t10?,11-;/m0./s1. The second kappa shape index (κ2) is 7.43. The minimum atomic E-state index is -0.394. The van der Waals surface area contributed by atoms with Gasteiger partial charge in [0.1, 0.15) is 0 Å². The van der Waals surface area contributed by atoms with E-state index in [1.54, 1.807) is 0 Å². The Balaban J connectivity index is 0.00000180. The van der Waals surface area contributed by atoms with Crippen LogP contribution in [0.15, 0.2) is 0 Å². The number of carbonyl (C=O) groups is 1. The molecule has 0 aromatic carbocycles. The first-order chi connectivity index (χ1) is 8.59. The van der Waals surface area contributed by atoms with Crippen LogP contribution in [-0.4, -0.2) is 49.4 Å². The van der Waals surface area contributed by atoms with Crippen molar-refractivity contribution in [2.45, 2.75) is 39.0 Å². The van der Waals surface area contributed by atoms with E-state index in [0.717, 1.165) is 19.4 Å². The molecule has 0 spiro atoms. The molecule has 0 radical (unpaired) electrons. The molecular weight excluding hydrogens is 268 g/mol. The van der Waals surface area contributed by atoms with Gasteiger partial charge in [-0.25, -0.2) is 0 Å². The third-order valence-electron chi connectivity index (χ3n) is 3.81. The van der Waals surface area contributed by atoms with Crippen LogP contribution in [0.4, 0.5) is 0 Å². The summed E-state index contributed by atoms with van der Waals surface area (Å²) in [7, 11) is 0. The molecule has 2 rings (SSSR count). The van der Waals surface area contributed by atoms with E-state index < -0.39 is 6.04 Å². The monoisotopic (exact) mass is 292 g/mol. The lowest BCUT2D eigenvalue weighted by Crippen LogP contribution is -2.51. The molecule has 2 aliphatic heterocycles. The van der Waals surface area contributed by atoms with Gasteiger partial charge in [0.25, 0.3) is 0 Å². The molecule has 112 valence electrons. The Hall–Kier alpha value is -0.360. The number of amides is 1. The van der Waals surface area contributed by atoms with Gasteiger partial charge in [-0.3, -0.25) is 4.79 Å². The van der Waals surface area contributed by atoms with Crippen LogP contribution >= 0.6 is 12.4 Å². The second-order valence-corrected chi connectivity index (χ2v) is 5.57. The first-order valence-corrected chi connectivity index (χ1v) is 6.87. The zero-order valence-corrected chi connectivity index (χ0v) is 12.5. The Labute approximate surface area is 121 Å². The van der Waals surface area contributed by atoms with Gasteiger partial charge in [0.15, 0.2) is 6.29 Å². The number of hydrogen-bond donors (Lipinski definition) is 1. The normalized spacial score (nSPS) is 26.3. The lowest BCUT2D eigenvalue weighted by Gasteiger charge is -2.36. The first kappa shape index (κ1) is 16.7. The minimum absolute atomic E-state index is 0. The highest BCUT2D eigenvalue weighted by Gasteiger charge is 2.34. The van der Waals surface area contributed by atoms with Crippen molar-refractivity contribution >= 4 is 18.3 Å². The van der Waals surface area contributed by atoms with E-state index in [1.807, 2.05) is 18.7 Å². The molecule has 0 aliphatic carbocycles. The van der Waals surface area contributed by atoms with E-state index >= 15 is 0 Å². The average Bonchev–Trinajstić information content (AvgIpc) is 2.91. The number of carbonyl (C=O) groups excluding carboxylic acids is 1. The molecule has 1 unspecified atom stereocenters. The Morgan fingerprint density at radius 1 is 1.32 bits per heavy atom. The highest BCUT2D eigenvalue weighted by Crippen LogP contribution is 2.25. The lowest BCUT2D eigenvalue weighted by molar-refractivity contribution is -0.141. The summed E-state index contributed by atoms with van der Waals surface area (Å²) in [5.41, 5.74) is 5.94. The number of nitrogens with zero attached hydrogens (tertiary/aromatic N) is 1. The lowest BCUT2D eigenvalue weighted by atomic mass is 9.95. The van der Waals surface area contributed by atoms with Crippen molar-refractivity contribution in [3.63, 3.8) is 0 Å². The number of halogens is 1. The van der Waals surface area contributed by atoms with Crippen LogP contribution in [0.1, 0.15) is 26.7 Å². The molecule has 2 N–H and O–H groups in total. The molecule has 2 saturated heterocycles. The fourth-order valence-corrected chi connectivity index (χ4v) is 2.58. The topological polar surface area (TPSA) is 64.8 Å². The largest absolute Gasteiger partial charge is 0.350 e. The zero-order valence-electron chi connectivity index (χ0n) is 11.7. The first-order valence-electron chi connectivity index (χ1n) is 6.87. The van der Waals surface area contributed by atoms with E-state index in [1.165, 1.54) is 0 Å². The number of rotatable bonds is 3. The van der Waals surface area contributed by atoms with Crippen molar-refractivity contribution in [1.29, 1.82) is 0 Å². The Bertz CT molecular complexity index is 296. The van der Waals surface area contributed by atoms with E-state index in [0.29, 0.717) is 25.7 Å². The summed E-state index contributed by atoms with van der Waals surface area (Å²) in [5, 5.41) is 0. The zero-order chi connectivity index (χ0) is 13.1. The maximum Gasteiger partial charge on any atom is 0.239 e. The molecule has 0 aromatic heterocycles. The van der Waals surface area contributed by atoms with Gasteiger partial charge in [-0.05, 0) is 18.8 Å². The van der Waals surface area contributed by atoms with Gasteiger partial charge in [-0.1, -0.05) is 13.8 Å². The van der Waals surface area contributed by atoms with Crippen LogP contribution in [-0.2, 0) is 14.3 Å². The minimum Gasteiger partial charge on any atom is -0.350 e. The van der Waals surface area contributed by atoms with Crippen molar-refractivity contribution in [1.82, 2.24) is 4.90 Å². The molecule has 2 heterocycles. The number of likely N-dealkylation sites (tertiary alicyclic amines) is 1. The van der Waals surface area contributed by atoms with Crippen molar-refractivity contribution in [2.24, 2.45) is 17.6 Å². The van der Waals surface area contributed by atoms with Crippen molar-refractivity contribution in [3.05, 3.63) is 0 Å². The third kappa shape index (κ3) is 4.05. The summed E-state index contributed by atoms with van der Waals surface area (Å²) in [6.07, 6.45) is 1.94. The van der Waals surface area contributed by atoms with E-state index in [2.05, 4.69) is 0 Å². The smallest absolute Gasteiger partial charge is 0.239 e. The highest BCUT2D eigenvalue weighted by molar-refractivity contribution is 5.85. The molecule has 19 heavy (non-hydrogen) atoms. The average molecular weight is 293 g/mol. The third-order valence-corrected chi connectivity index (χ3v) is 3.81. The van der Waals surface area contributed by atoms with Gasteiger partial charge in [0.05, 0.1) is 19.3 Å². The second-order valence-electron chi connectivity index (χ2n) is 5.57. The van der Waals surface area contributed by atoms with E-state index in [9.17, 15) is 4.79 Å². The predicted molar refractivity (Wildman–Crippen MR) is 75.1 cm³/mol. The summed E-state index contributed by atoms with van der Waals surface area (Å²) in [4.78, 5) is 14.1. The fourth-order valence-electron chi connectivity index (χ4n) is 2.58. The van der Waals surface area contributed by atoms with Crippen LogP contribution in [0.3, 0.4) is 0 Å². The van der Waals surface area contributed by atoms with Crippen LogP contribution in [0, 0.1) is 11.8 Å². The number of nitrogens with two attached hydrogens (primary N) is 1. The van der Waals surface area contributed by atoms with Crippen LogP contribution < -0.4 is 5.73 Å². The van der Waals surface area contributed by atoms with Crippen molar-refractivity contribution in [2.75, 3.05) is 26.3 Å². The summed E-state index contributed by atoms with van der Waals surface area (Å²) >= 11 is 0. The molecule has 5 nitrogen and oxygen atoms in total. The molecule has 2 fully saturated rings. The molecule has 0 saturated carbocycles. The molecule has 0 bridgehead atoms. The Morgan fingerprint density at radius 2 is 1.95 bits per heavy atom. The molecule has 2 atom stereocenters. The van der Waals surface area contributed by atoms with Gasteiger partial charge in [0, 0.05) is 19.0 Å². The molecule has 0 aromatic rings. The quantitative estimate of drug-likeness (QED) is 0.843. The Kier molecular flexibility index (Phi) is 6.53. The SMILES string of the molecule is CC(C)[C@H](N)C(=O)N1CCCC(C2OCCO2)C1.Cl. The summed E-state index contributed by atoms with van der Waals surface area (Å²) in [6.45, 7) is 6.81. The molecule has 6 heteroatoms. The Morgan fingerprint density at radius 3 is 2.53 bits per heavy atom. The summed E-state index contributed by atoms with van der Waals surface area (Å²) in [6, 6.07) is -0.394. The van der Waals surface area contributed by atoms with Gasteiger partial charge in [0.2, 0.25) is 5.91 Å². The molecule has 2 aliphatic rings. The van der Waals surface area contributed by atoms with Crippen LogP contribution in [0.5, 0.6) is 0 Å². The van der Waals surface area contributed by atoms with E-state index in [4.69, 9.17) is 15.2 Å². The predicted octanol–water partition coefficient (Wildman–Crippen LogP) is 1.00. The maximum absolute atomic E-state index is 12.2. The van der Waals surface area contributed by atoms with Gasteiger partial charge < -0.3 is 20.1 Å². The van der Waals surface area contributed by atoms with Gasteiger partial charge in [-0.15, -0.1) is 12.4 Å². The fraction of sp³-hybridized carbons (Fsp3) is 0.923. The summed E-state index contributed by atoms with van der Waals surface area (Å²) < 4.78 is 11.1. The van der Waals surface area contributed by atoms with Crippen LogP contribution in [0.2, 0.25) is 0 Å². The van der Waals surface area contributed by atoms with Gasteiger partial charge >= 0.3 is 0 Å². The molecular formula is C13H25ClN2O3. The number of ether oxygens (including phenoxy) is 2. The van der Waals surface area contributed by atoms with E-state index in [-0.39, 0.29) is 30.5 Å². The summed E-state index contributed by atoms with van der Waals surface area (Å²) in [5.74, 6) is 0.536. The molecule has 1 amide bonds. The maximum atomic E-state index is 12.2. The number of piperidine rings is 1.